The van der Waals surface area contributed by atoms with Gasteiger partial charge >= 0.3 is 5.97 Å². The van der Waals surface area contributed by atoms with E-state index in [0.29, 0.717) is 13.0 Å². The summed E-state index contributed by atoms with van der Waals surface area (Å²) in [4.78, 5) is 24.7. The number of likely N-dealkylation sites (tertiary alicyclic amines) is 1. The molecular formula is C11H19NO3S. The van der Waals surface area contributed by atoms with Gasteiger partial charge in [0.05, 0.1) is 5.92 Å². The summed E-state index contributed by atoms with van der Waals surface area (Å²) in [6.45, 7) is 4.31. The fraction of sp³-hybridized carbons (Fsp3) is 0.818. The first-order valence-electron chi connectivity index (χ1n) is 5.51. The van der Waals surface area contributed by atoms with Crippen molar-refractivity contribution in [1.29, 1.82) is 0 Å². The molecule has 3 unspecified atom stereocenters. The van der Waals surface area contributed by atoms with Crippen LogP contribution in [0.15, 0.2) is 0 Å². The molecular weight excluding hydrogens is 226 g/mol. The molecule has 1 fully saturated rings. The lowest BCUT2D eigenvalue weighted by molar-refractivity contribution is -0.143. The molecule has 1 heterocycles. The highest BCUT2D eigenvalue weighted by atomic mass is 32.2. The highest BCUT2D eigenvalue weighted by Gasteiger charge is 2.39. The van der Waals surface area contributed by atoms with Gasteiger partial charge in [-0.3, -0.25) is 9.59 Å². The third kappa shape index (κ3) is 2.70. The van der Waals surface area contributed by atoms with Crippen LogP contribution in [0.25, 0.3) is 0 Å². The maximum Gasteiger partial charge on any atom is 0.308 e. The highest BCUT2D eigenvalue weighted by Crippen LogP contribution is 2.26. The van der Waals surface area contributed by atoms with Gasteiger partial charge < -0.3 is 10.0 Å². The van der Waals surface area contributed by atoms with Gasteiger partial charge in [0.1, 0.15) is 0 Å². The molecule has 1 aliphatic heterocycles. The molecule has 0 bridgehead atoms. The van der Waals surface area contributed by atoms with Gasteiger partial charge in [0.25, 0.3) is 0 Å². The minimum atomic E-state index is -0.791. The number of hydrogen-bond donors (Lipinski definition) is 1. The molecule has 0 aromatic carbocycles. The maximum atomic E-state index is 12.0. The van der Waals surface area contributed by atoms with E-state index in [9.17, 15) is 9.59 Å². The Morgan fingerprint density at radius 2 is 2.19 bits per heavy atom. The number of carboxylic acids is 1. The zero-order valence-electron chi connectivity index (χ0n) is 9.97. The summed E-state index contributed by atoms with van der Waals surface area (Å²) in [5, 5.41) is 8.98. The summed E-state index contributed by atoms with van der Waals surface area (Å²) in [6.07, 6.45) is 2.55. The van der Waals surface area contributed by atoms with Gasteiger partial charge in [-0.2, -0.15) is 11.8 Å². The van der Waals surface area contributed by atoms with Crippen LogP contribution in [0.1, 0.15) is 20.3 Å². The highest BCUT2D eigenvalue weighted by molar-refractivity contribution is 7.98. The van der Waals surface area contributed by atoms with E-state index >= 15 is 0 Å². The summed E-state index contributed by atoms with van der Waals surface area (Å²) in [6, 6.07) is -0.172. The van der Waals surface area contributed by atoms with Gasteiger partial charge in [-0.15, -0.1) is 0 Å². The Labute approximate surface area is 100 Å². The largest absolute Gasteiger partial charge is 0.481 e. The van der Waals surface area contributed by atoms with E-state index in [2.05, 4.69) is 0 Å². The van der Waals surface area contributed by atoms with E-state index in [1.807, 2.05) is 20.1 Å². The summed E-state index contributed by atoms with van der Waals surface area (Å²) in [7, 11) is 0. The lowest BCUT2D eigenvalue weighted by Gasteiger charge is -2.26. The molecule has 0 radical (unpaired) electrons. The zero-order chi connectivity index (χ0) is 12.3. The van der Waals surface area contributed by atoms with Crippen LogP contribution in [0.2, 0.25) is 0 Å². The second-order valence-corrected chi connectivity index (χ2v) is 5.27. The van der Waals surface area contributed by atoms with Crippen molar-refractivity contribution in [3.05, 3.63) is 0 Å². The van der Waals surface area contributed by atoms with Crippen molar-refractivity contribution in [2.45, 2.75) is 26.3 Å². The summed E-state index contributed by atoms with van der Waals surface area (Å²) >= 11 is 1.64. The van der Waals surface area contributed by atoms with Crippen LogP contribution in [-0.2, 0) is 9.59 Å². The fourth-order valence-corrected chi connectivity index (χ4v) is 2.83. The van der Waals surface area contributed by atoms with Crippen molar-refractivity contribution in [2.75, 3.05) is 18.6 Å². The standard InChI is InChI=1S/C11H19NO3S/c1-7(6-16-3)10(13)12-5-4-9(8(12)2)11(14)15/h7-9H,4-6H2,1-3H3,(H,14,15). The molecule has 5 heteroatoms. The molecule has 92 valence electrons. The Balaban J connectivity index is 2.62. The number of nitrogens with zero attached hydrogens (tertiary/aromatic N) is 1. The topological polar surface area (TPSA) is 57.6 Å². The number of carbonyl (C=O) groups is 2. The molecule has 1 amide bonds. The minimum Gasteiger partial charge on any atom is -0.481 e. The van der Waals surface area contributed by atoms with Crippen LogP contribution >= 0.6 is 11.8 Å². The second kappa shape index (κ2) is 5.57. The van der Waals surface area contributed by atoms with Crippen molar-refractivity contribution in [2.24, 2.45) is 11.8 Å². The molecule has 0 aliphatic carbocycles. The third-order valence-corrected chi connectivity index (χ3v) is 4.03. The molecule has 1 N–H and O–H groups in total. The van der Waals surface area contributed by atoms with Gasteiger partial charge in [0.2, 0.25) is 5.91 Å². The van der Waals surface area contributed by atoms with E-state index < -0.39 is 11.9 Å². The van der Waals surface area contributed by atoms with Gasteiger partial charge in [-0.25, -0.2) is 0 Å². The fourth-order valence-electron chi connectivity index (χ4n) is 2.19. The Hall–Kier alpha value is -0.710. The normalized spacial score (nSPS) is 26.8. The molecule has 0 saturated carbocycles. The van der Waals surface area contributed by atoms with Crippen molar-refractivity contribution < 1.29 is 14.7 Å². The Bertz CT molecular complexity index is 282. The predicted octanol–water partition coefficient (Wildman–Crippen LogP) is 1.31. The number of carbonyl (C=O) groups excluding carboxylic acids is 1. The van der Waals surface area contributed by atoms with Gasteiger partial charge in [-0.1, -0.05) is 6.92 Å². The predicted molar refractivity (Wildman–Crippen MR) is 64.5 cm³/mol. The number of carboxylic acid groups (broad SMARTS) is 1. The van der Waals surface area contributed by atoms with E-state index in [4.69, 9.17) is 5.11 Å². The van der Waals surface area contributed by atoms with E-state index in [0.717, 1.165) is 5.75 Å². The molecule has 0 spiro atoms. The van der Waals surface area contributed by atoms with Gasteiger partial charge in [0, 0.05) is 24.3 Å². The monoisotopic (exact) mass is 245 g/mol. The molecule has 16 heavy (non-hydrogen) atoms. The average Bonchev–Trinajstić information content (AvgIpc) is 2.59. The molecule has 0 aromatic rings. The quantitative estimate of drug-likeness (QED) is 0.811. The first-order valence-corrected chi connectivity index (χ1v) is 6.90. The van der Waals surface area contributed by atoms with Crippen LogP contribution in [0.3, 0.4) is 0 Å². The Kier molecular flexibility index (Phi) is 4.65. The van der Waals surface area contributed by atoms with Gasteiger partial charge in [0.15, 0.2) is 0 Å². The molecule has 0 aromatic heterocycles. The number of amides is 1. The average molecular weight is 245 g/mol. The van der Waals surface area contributed by atoms with Crippen LogP contribution < -0.4 is 0 Å². The zero-order valence-corrected chi connectivity index (χ0v) is 10.8. The number of aliphatic carboxylic acids is 1. The second-order valence-electron chi connectivity index (χ2n) is 4.36. The van der Waals surface area contributed by atoms with Crippen molar-refractivity contribution in [3.8, 4) is 0 Å². The van der Waals surface area contributed by atoms with Crippen LogP contribution in [-0.4, -0.2) is 46.5 Å². The summed E-state index contributed by atoms with van der Waals surface area (Å²) in [5.41, 5.74) is 0. The van der Waals surface area contributed by atoms with Crippen LogP contribution in [0.5, 0.6) is 0 Å². The SMILES string of the molecule is CSCC(C)C(=O)N1CCC(C(=O)O)C1C. The van der Waals surface area contributed by atoms with E-state index in [1.54, 1.807) is 16.7 Å². The van der Waals surface area contributed by atoms with E-state index in [-0.39, 0.29) is 17.9 Å². The van der Waals surface area contributed by atoms with E-state index in [1.165, 1.54) is 0 Å². The smallest absolute Gasteiger partial charge is 0.308 e. The Morgan fingerprint density at radius 1 is 1.56 bits per heavy atom. The van der Waals surface area contributed by atoms with Crippen molar-refractivity contribution in [1.82, 2.24) is 4.90 Å². The first kappa shape index (κ1) is 13.4. The Morgan fingerprint density at radius 3 is 2.62 bits per heavy atom. The number of thioether (sulfide) groups is 1. The summed E-state index contributed by atoms with van der Waals surface area (Å²) < 4.78 is 0. The third-order valence-electron chi connectivity index (χ3n) is 3.19. The molecule has 1 rings (SSSR count). The number of hydrogen-bond acceptors (Lipinski definition) is 3. The first-order chi connectivity index (χ1) is 7.49. The molecule has 1 saturated heterocycles. The van der Waals surface area contributed by atoms with Gasteiger partial charge in [-0.05, 0) is 19.6 Å². The summed E-state index contributed by atoms with van der Waals surface area (Å²) in [5.74, 6) is -0.332. The van der Waals surface area contributed by atoms with Crippen molar-refractivity contribution in [3.63, 3.8) is 0 Å². The molecule has 4 nitrogen and oxygen atoms in total. The lowest BCUT2D eigenvalue weighted by atomic mass is 10.0. The molecule has 1 aliphatic rings. The lowest BCUT2D eigenvalue weighted by Crippen LogP contribution is -2.41. The van der Waals surface area contributed by atoms with Crippen LogP contribution in [0, 0.1) is 11.8 Å². The maximum absolute atomic E-state index is 12.0. The van der Waals surface area contributed by atoms with Crippen LogP contribution in [0.4, 0.5) is 0 Å². The molecule has 3 atom stereocenters. The van der Waals surface area contributed by atoms with Crippen molar-refractivity contribution >= 4 is 23.6 Å². The minimum absolute atomic E-state index is 0.0232. The number of rotatable bonds is 4.